The van der Waals surface area contributed by atoms with Gasteiger partial charge in [-0.2, -0.15) is 0 Å². The number of nitrogens with zero attached hydrogens (tertiary/aromatic N) is 2. The van der Waals surface area contributed by atoms with Gasteiger partial charge in [0.15, 0.2) is 11.5 Å². The van der Waals surface area contributed by atoms with Crippen molar-refractivity contribution in [1.82, 2.24) is 4.90 Å². The average Bonchev–Trinajstić information content (AvgIpc) is 3.22. The number of benzene rings is 2. The first-order valence-corrected chi connectivity index (χ1v) is 9.97. The smallest absolute Gasteiger partial charge is 0.231 e. The SMILES string of the molecule is COc1ccccc1N1CCN(C[C@H](O)COCc2ccc3c(c2)OCO3)CC1. The van der Waals surface area contributed by atoms with Crippen LogP contribution in [0.2, 0.25) is 0 Å². The molecule has 156 valence electrons. The number of rotatable bonds is 8. The fraction of sp³-hybridized carbons (Fsp3) is 0.455. The minimum atomic E-state index is -0.512. The summed E-state index contributed by atoms with van der Waals surface area (Å²) < 4.78 is 21.9. The number of aliphatic hydroxyl groups excluding tert-OH is 1. The van der Waals surface area contributed by atoms with E-state index >= 15 is 0 Å². The minimum Gasteiger partial charge on any atom is -0.495 e. The Balaban J connectivity index is 1.18. The molecule has 0 unspecified atom stereocenters. The van der Waals surface area contributed by atoms with Crippen LogP contribution >= 0.6 is 0 Å². The fourth-order valence-corrected chi connectivity index (χ4v) is 3.76. The van der Waals surface area contributed by atoms with Crippen molar-refractivity contribution in [2.45, 2.75) is 12.7 Å². The lowest BCUT2D eigenvalue weighted by Crippen LogP contribution is -2.49. The molecule has 0 aliphatic carbocycles. The first-order valence-electron chi connectivity index (χ1n) is 9.97. The molecule has 29 heavy (non-hydrogen) atoms. The van der Waals surface area contributed by atoms with Crippen LogP contribution < -0.4 is 19.1 Å². The molecule has 0 spiro atoms. The van der Waals surface area contributed by atoms with E-state index in [9.17, 15) is 5.11 Å². The minimum absolute atomic E-state index is 0.267. The number of anilines is 1. The van der Waals surface area contributed by atoms with E-state index in [0.717, 1.165) is 54.7 Å². The summed E-state index contributed by atoms with van der Waals surface area (Å²) in [6.07, 6.45) is -0.512. The summed E-state index contributed by atoms with van der Waals surface area (Å²) in [5, 5.41) is 10.4. The summed E-state index contributed by atoms with van der Waals surface area (Å²) in [6, 6.07) is 13.9. The second-order valence-electron chi connectivity index (χ2n) is 7.32. The molecule has 7 heteroatoms. The Morgan fingerprint density at radius 1 is 1.03 bits per heavy atom. The Bertz CT molecular complexity index is 808. The Kier molecular flexibility index (Phi) is 6.39. The molecule has 1 N–H and O–H groups in total. The first kappa shape index (κ1) is 19.8. The van der Waals surface area contributed by atoms with Gasteiger partial charge >= 0.3 is 0 Å². The van der Waals surface area contributed by atoms with Crippen molar-refractivity contribution in [1.29, 1.82) is 0 Å². The number of ether oxygens (including phenoxy) is 4. The molecule has 0 radical (unpaired) electrons. The zero-order valence-electron chi connectivity index (χ0n) is 16.8. The number of piperazine rings is 1. The molecular formula is C22H28N2O5. The van der Waals surface area contributed by atoms with Crippen LogP contribution in [0.5, 0.6) is 17.2 Å². The Morgan fingerprint density at radius 2 is 1.83 bits per heavy atom. The fourth-order valence-electron chi connectivity index (χ4n) is 3.76. The number of aliphatic hydroxyl groups is 1. The van der Waals surface area contributed by atoms with Gasteiger partial charge < -0.3 is 29.0 Å². The second kappa shape index (κ2) is 9.35. The van der Waals surface area contributed by atoms with Gasteiger partial charge in [-0.1, -0.05) is 18.2 Å². The zero-order valence-corrected chi connectivity index (χ0v) is 16.8. The molecular weight excluding hydrogens is 372 g/mol. The Morgan fingerprint density at radius 3 is 2.66 bits per heavy atom. The first-order chi connectivity index (χ1) is 14.2. The normalized spacial score (nSPS) is 17.4. The monoisotopic (exact) mass is 400 g/mol. The molecule has 1 fully saturated rings. The molecule has 2 heterocycles. The van der Waals surface area contributed by atoms with Gasteiger partial charge in [-0.15, -0.1) is 0 Å². The number of fused-ring (bicyclic) bond motifs is 1. The highest BCUT2D eigenvalue weighted by atomic mass is 16.7. The number of hydrogen-bond donors (Lipinski definition) is 1. The quantitative estimate of drug-likeness (QED) is 0.728. The summed E-state index contributed by atoms with van der Waals surface area (Å²) >= 11 is 0. The van der Waals surface area contributed by atoms with Crippen molar-refractivity contribution in [2.24, 2.45) is 0 Å². The molecule has 1 atom stereocenters. The van der Waals surface area contributed by atoms with Gasteiger partial charge in [0, 0.05) is 32.7 Å². The lowest BCUT2D eigenvalue weighted by atomic mass is 10.2. The van der Waals surface area contributed by atoms with Crippen LogP contribution in [-0.2, 0) is 11.3 Å². The second-order valence-corrected chi connectivity index (χ2v) is 7.32. The number of methoxy groups -OCH3 is 1. The summed E-state index contributed by atoms with van der Waals surface area (Å²) in [5.74, 6) is 2.42. The maximum absolute atomic E-state index is 10.4. The van der Waals surface area contributed by atoms with E-state index in [1.54, 1.807) is 7.11 Å². The highest BCUT2D eigenvalue weighted by Crippen LogP contribution is 2.32. The van der Waals surface area contributed by atoms with Crippen LogP contribution in [0.4, 0.5) is 5.69 Å². The van der Waals surface area contributed by atoms with E-state index in [-0.39, 0.29) is 6.79 Å². The molecule has 7 nitrogen and oxygen atoms in total. The standard InChI is InChI=1S/C22H28N2O5/c1-26-20-5-3-2-4-19(20)24-10-8-23(9-11-24)13-18(25)15-27-14-17-6-7-21-22(12-17)29-16-28-21/h2-7,12,18,25H,8-11,13-16H2,1H3/t18-/m0/s1. The Labute approximate surface area is 171 Å². The van der Waals surface area contributed by atoms with Crippen molar-refractivity contribution in [3.05, 3.63) is 48.0 Å². The van der Waals surface area contributed by atoms with E-state index in [4.69, 9.17) is 18.9 Å². The molecule has 2 aliphatic rings. The van der Waals surface area contributed by atoms with Crippen molar-refractivity contribution in [3.8, 4) is 17.2 Å². The topological polar surface area (TPSA) is 63.6 Å². The predicted octanol–water partition coefficient (Wildman–Crippen LogP) is 2.12. The largest absolute Gasteiger partial charge is 0.495 e. The lowest BCUT2D eigenvalue weighted by Gasteiger charge is -2.37. The van der Waals surface area contributed by atoms with Crippen molar-refractivity contribution < 1.29 is 24.1 Å². The number of para-hydroxylation sites is 2. The van der Waals surface area contributed by atoms with Crippen LogP contribution in [0, 0.1) is 0 Å². The van der Waals surface area contributed by atoms with Crippen LogP contribution in [0.25, 0.3) is 0 Å². The van der Waals surface area contributed by atoms with Gasteiger partial charge in [0.2, 0.25) is 6.79 Å². The van der Waals surface area contributed by atoms with Crippen molar-refractivity contribution in [2.75, 3.05) is 58.1 Å². The number of β-amino-alcohol motifs (C(OH)–C–C–N with tert-alkyl or cyclic N) is 1. The van der Waals surface area contributed by atoms with Gasteiger partial charge in [-0.3, -0.25) is 4.90 Å². The maximum atomic E-state index is 10.4. The molecule has 2 aromatic rings. The van der Waals surface area contributed by atoms with E-state index in [2.05, 4.69) is 15.9 Å². The zero-order chi connectivity index (χ0) is 20.1. The summed E-state index contributed by atoms with van der Waals surface area (Å²) in [6.45, 7) is 5.24. The predicted molar refractivity (Wildman–Crippen MR) is 110 cm³/mol. The van der Waals surface area contributed by atoms with E-state index in [0.29, 0.717) is 19.8 Å². The Hall–Kier alpha value is -2.48. The van der Waals surface area contributed by atoms with Crippen molar-refractivity contribution in [3.63, 3.8) is 0 Å². The van der Waals surface area contributed by atoms with Crippen molar-refractivity contribution >= 4 is 5.69 Å². The van der Waals surface area contributed by atoms with Crippen LogP contribution in [0.1, 0.15) is 5.56 Å². The number of hydrogen-bond acceptors (Lipinski definition) is 7. The highest BCUT2D eigenvalue weighted by Gasteiger charge is 2.21. The van der Waals surface area contributed by atoms with E-state index < -0.39 is 6.10 Å². The molecule has 0 saturated carbocycles. The molecule has 1 saturated heterocycles. The van der Waals surface area contributed by atoms with Crippen LogP contribution in [0.3, 0.4) is 0 Å². The maximum Gasteiger partial charge on any atom is 0.231 e. The van der Waals surface area contributed by atoms with E-state index in [1.807, 2.05) is 36.4 Å². The summed E-state index contributed by atoms with van der Waals surface area (Å²) in [4.78, 5) is 4.61. The highest BCUT2D eigenvalue weighted by molar-refractivity contribution is 5.58. The lowest BCUT2D eigenvalue weighted by molar-refractivity contribution is 0.00910. The molecule has 0 amide bonds. The molecule has 0 bridgehead atoms. The third kappa shape index (κ3) is 4.93. The van der Waals surface area contributed by atoms with E-state index in [1.165, 1.54) is 0 Å². The van der Waals surface area contributed by atoms with Gasteiger partial charge in [0.05, 0.1) is 32.1 Å². The summed E-state index contributed by atoms with van der Waals surface area (Å²) in [5.41, 5.74) is 2.13. The van der Waals surface area contributed by atoms with Gasteiger partial charge in [-0.25, -0.2) is 0 Å². The van der Waals surface area contributed by atoms with Gasteiger partial charge in [0.25, 0.3) is 0 Å². The molecule has 2 aliphatic heterocycles. The molecule has 4 rings (SSSR count). The van der Waals surface area contributed by atoms with Crippen LogP contribution in [-0.4, -0.2) is 69.3 Å². The molecule has 0 aromatic heterocycles. The average molecular weight is 400 g/mol. The summed E-state index contributed by atoms with van der Waals surface area (Å²) in [7, 11) is 1.70. The third-order valence-corrected chi connectivity index (χ3v) is 5.28. The molecule has 2 aromatic carbocycles. The third-order valence-electron chi connectivity index (χ3n) is 5.28. The van der Waals surface area contributed by atoms with Gasteiger partial charge in [0.1, 0.15) is 5.75 Å². The van der Waals surface area contributed by atoms with Crippen LogP contribution in [0.15, 0.2) is 42.5 Å². The van der Waals surface area contributed by atoms with Gasteiger partial charge in [-0.05, 0) is 29.8 Å².